The maximum Gasteiger partial charge on any atom is 0.249 e. The van der Waals surface area contributed by atoms with Crippen LogP contribution in [0.3, 0.4) is 0 Å². The summed E-state index contributed by atoms with van der Waals surface area (Å²) in [4.78, 5) is 13.8. The standard InChI is InChI=1S/C11H19NO/c1-8(2)10-6-5-7-12(9(3)4)11(10)13/h9H,5-7H2,1-4H3. The largest absolute Gasteiger partial charge is 0.336 e. The normalized spacial score (nSPS) is 18.4. The Balaban J connectivity index is 2.85. The lowest BCUT2D eigenvalue weighted by atomic mass is 9.98. The average molecular weight is 181 g/mol. The van der Waals surface area contributed by atoms with Crippen LogP contribution in [0.25, 0.3) is 0 Å². The molecule has 1 aliphatic heterocycles. The van der Waals surface area contributed by atoms with E-state index in [0.29, 0.717) is 6.04 Å². The highest BCUT2D eigenvalue weighted by atomic mass is 16.2. The third-order valence-corrected chi connectivity index (χ3v) is 2.57. The molecule has 0 spiro atoms. The summed E-state index contributed by atoms with van der Waals surface area (Å²) in [5.41, 5.74) is 2.20. The minimum absolute atomic E-state index is 0.251. The number of rotatable bonds is 1. The number of amides is 1. The Kier molecular flexibility index (Phi) is 3.12. The van der Waals surface area contributed by atoms with Crippen molar-refractivity contribution in [1.29, 1.82) is 0 Å². The number of nitrogens with zero attached hydrogens (tertiary/aromatic N) is 1. The molecule has 0 radical (unpaired) electrons. The van der Waals surface area contributed by atoms with E-state index < -0.39 is 0 Å². The molecule has 0 unspecified atom stereocenters. The number of hydrogen-bond donors (Lipinski definition) is 0. The molecule has 1 heterocycles. The van der Waals surface area contributed by atoms with Gasteiger partial charge in [-0.05, 0) is 40.5 Å². The van der Waals surface area contributed by atoms with Gasteiger partial charge in [0.05, 0.1) is 0 Å². The molecule has 1 fully saturated rings. The first-order chi connectivity index (χ1) is 6.04. The van der Waals surface area contributed by atoms with Crippen molar-refractivity contribution in [3.63, 3.8) is 0 Å². The van der Waals surface area contributed by atoms with Crippen molar-refractivity contribution in [1.82, 2.24) is 4.90 Å². The van der Waals surface area contributed by atoms with Crippen LogP contribution in [0, 0.1) is 0 Å². The lowest BCUT2D eigenvalue weighted by Crippen LogP contribution is -2.41. The molecule has 0 saturated carbocycles. The number of carbonyl (C=O) groups is 1. The second-order valence-corrected chi connectivity index (χ2v) is 4.17. The zero-order chi connectivity index (χ0) is 10.0. The highest BCUT2D eigenvalue weighted by Gasteiger charge is 2.25. The van der Waals surface area contributed by atoms with E-state index in [4.69, 9.17) is 0 Å². The Labute approximate surface area is 80.6 Å². The molecule has 0 atom stereocenters. The molecule has 2 nitrogen and oxygen atoms in total. The van der Waals surface area contributed by atoms with Crippen LogP contribution in [0.15, 0.2) is 11.1 Å². The molecule has 2 heteroatoms. The minimum atomic E-state index is 0.251. The average Bonchev–Trinajstić information content (AvgIpc) is 2.03. The summed E-state index contributed by atoms with van der Waals surface area (Å²) < 4.78 is 0. The maximum absolute atomic E-state index is 11.9. The van der Waals surface area contributed by atoms with Gasteiger partial charge in [0, 0.05) is 18.2 Å². The van der Waals surface area contributed by atoms with Crippen LogP contribution in [0.4, 0.5) is 0 Å². The molecule has 1 rings (SSSR count). The first-order valence-electron chi connectivity index (χ1n) is 5.01. The zero-order valence-electron chi connectivity index (χ0n) is 9.05. The predicted molar refractivity (Wildman–Crippen MR) is 54.5 cm³/mol. The number of likely N-dealkylation sites (tertiary alicyclic amines) is 1. The molecule has 0 aliphatic carbocycles. The number of allylic oxidation sites excluding steroid dienone is 1. The van der Waals surface area contributed by atoms with E-state index in [-0.39, 0.29) is 5.91 Å². The lowest BCUT2D eigenvalue weighted by Gasteiger charge is -2.32. The fraction of sp³-hybridized carbons (Fsp3) is 0.727. The van der Waals surface area contributed by atoms with E-state index in [2.05, 4.69) is 13.8 Å². The minimum Gasteiger partial charge on any atom is -0.336 e. The summed E-state index contributed by atoms with van der Waals surface area (Å²) in [5.74, 6) is 0.251. The third kappa shape index (κ3) is 2.11. The molecular weight excluding hydrogens is 162 g/mol. The van der Waals surface area contributed by atoms with Crippen LogP contribution in [-0.4, -0.2) is 23.4 Å². The Hall–Kier alpha value is -0.790. The van der Waals surface area contributed by atoms with Crippen LogP contribution in [0.5, 0.6) is 0 Å². The lowest BCUT2D eigenvalue weighted by molar-refractivity contribution is -0.130. The highest BCUT2D eigenvalue weighted by molar-refractivity contribution is 5.94. The number of piperidine rings is 1. The van der Waals surface area contributed by atoms with Crippen molar-refractivity contribution in [3.05, 3.63) is 11.1 Å². The van der Waals surface area contributed by atoms with Crippen LogP contribution in [0.2, 0.25) is 0 Å². The first-order valence-corrected chi connectivity index (χ1v) is 5.01. The Morgan fingerprint density at radius 1 is 1.38 bits per heavy atom. The van der Waals surface area contributed by atoms with Crippen molar-refractivity contribution < 1.29 is 4.79 Å². The number of hydrogen-bond acceptors (Lipinski definition) is 1. The van der Waals surface area contributed by atoms with Crippen LogP contribution in [-0.2, 0) is 4.79 Å². The molecule has 1 aliphatic rings. The maximum atomic E-state index is 11.9. The van der Waals surface area contributed by atoms with Gasteiger partial charge in [0.1, 0.15) is 0 Å². The second-order valence-electron chi connectivity index (χ2n) is 4.17. The van der Waals surface area contributed by atoms with E-state index in [1.54, 1.807) is 0 Å². The molecule has 1 saturated heterocycles. The quantitative estimate of drug-likeness (QED) is 0.569. The Morgan fingerprint density at radius 2 is 2.00 bits per heavy atom. The molecule has 0 N–H and O–H groups in total. The van der Waals surface area contributed by atoms with Gasteiger partial charge in [-0.2, -0.15) is 0 Å². The molecule has 0 aromatic heterocycles. The second kappa shape index (κ2) is 3.95. The molecule has 13 heavy (non-hydrogen) atoms. The van der Waals surface area contributed by atoms with Gasteiger partial charge in [-0.15, -0.1) is 0 Å². The summed E-state index contributed by atoms with van der Waals surface area (Å²) in [5, 5.41) is 0. The molecule has 0 bridgehead atoms. The van der Waals surface area contributed by atoms with Crippen LogP contribution in [0.1, 0.15) is 40.5 Å². The topological polar surface area (TPSA) is 20.3 Å². The zero-order valence-corrected chi connectivity index (χ0v) is 9.05. The third-order valence-electron chi connectivity index (χ3n) is 2.57. The molecule has 0 aromatic rings. The van der Waals surface area contributed by atoms with Gasteiger partial charge in [0.15, 0.2) is 0 Å². The van der Waals surface area contributed by atoms with Crippen molar-refractivity contribution in [2.45, 2.75) is 46.6 Å². The summed E-state index contributed by atoms with van der Waals surface area (Å²) >= 11 is 0. The van der Waals surface area contributed by atoms with E-state index >= 15 is 0 Å². The summed E-state index contributed by atoms with van der Waals surface area (Å²) in [6.45, 7) is 9.12. The summed E-state index contributed by atoms with van der Waals surface area (Å²) in [6, 6.07) is 0.335. The monoisotopic (exact) mass is 181 g/mol. The van der Waals surface area contributed by atoms with Gasteiger partial charge in [-0.1, -0.05) is 5.57 Å². The van der Waals surface area contributed by atoms with Gasteiger partial charge in [0.25, 0.3) is 0 Å². The Morgan fingerprint density at radius 3 is 2.46 bits per heavy atom. The molecule has 1 amide bonds. The van der Waals surface area contributed by atoms with Crippen molar-refractivity contribution >= 4 is 5.91 Å². The first kappa shape index (κ1) is 10.3. The van der Waals surface area contributed by atoms with Gasteiger partial charge >= 0.3 is 0 Å². The van der Waals surface area contributed by atoms with Gasteiger partial charge in [-0.25, -0.2) is 0 Å². The predicted octanol–water partition coefficient (Wildman–Crippen LogP) is 2.35. The van der Waals surface area contributed by atoms with E-state index in [9.17, 15) is 4.79 Å². The van der Waals surface area contributed by atoms with Gasteiger partial charge in [0.2, 0.25) is 5.91 Å². The summed E-state index contributed by atoms with van der Waals surface area (Å²) in [7, 11) is 0. The smallest absolute Gasteiger partial charge is 0.249 e. The Bertz CT molecular complexity index is 236. The van der Waals surface area contributed by atoms with Crippen LogP contribution < -0.4 is 0 Å². The van der Waals surface area contributed by atoms with Crippen LogP contribution >= 0.6 is 0 Å². The molecule has 0 aromatic carbocycles. The van der Waals surface area contributed by atoms with E-state index in [1.807, 2.05) is 18.7 Å². The van der Waals surface area contributed by atoms with E-state index in [0.717, 1.165) is 25.0 Å². The van der Waals surface area contributed by atoms with E-state index in [1.165, 1.54) is 5.57 Å². The molecule has 74 valence electrons. The van der Waals surface area contributed by atoms with Gasteiger partial charge < -0.3 is 4.90 Å². The fourth-order valence-corrected chi connectivity index (χ4v) is 1.76. The van der Waals surface area contributed by atoms with Gasteiger partial charge in [-0.3, -0.25) is 4.79 Å². The van der Waals surface area contributed by atoms with Crippen molar-refractivity contribution in [2.75, 3.05) is 6.54 Å². The fourth-order valence-electron chi connectivity index (χ4n) is 1.76. The summed E-state index contributed by atoms with van der Waals surface area (Å²) in [6.07, 6.45) is 2.08. The number of carbonyl (C=O) groups excluding carboxylic acids is 1. The molecular formula is C11H19NO. The van der Waals surface area contributed by atoms with Crippen molar-refractivity contribution in [2.24, 2.45) is 0 Å². The van der Waals surface area contributed by atoms with Crippen molar-refractivity contribution in [3.8, 4) is 0 Å². The SMILES string of the molecule is CC(C)=C1CCCN(C(C)C)C1=O. The highest BCUT2D eigenvalue weighted by Crippen LogP contribution is 2.21.